The van der Waals surface area contributed by atoms with Crippen LogP contribution in [0.4, 0.5) is 4.79 Å². The summed E-state index contributed by atoms with van der Waals surface area (Å²) in [5, 5.41) is 9.21. The van der Waals surface area contributed by atoms with Crippen molar-refractivity contribution in [2.75, 3.05) is 13.2 Å². The Hall–Kier alpha value is -2.82. The van der Waals surface area contributed by atoms with Gasteiger partial charge in [-0.05, 0) is 36.1 Å². The van der Waals surface area contributed by atoms with Crippen LogP contribution < -0.4 is 0 Å². The normalized spacial score (nSPS) is 20.1. The molecule has 134 valence electrons. The molecule has 1 N–H and O–H groups in total. The van der Waals surface area contributed by atoms with Crippen molar-refractivity contribution in [2.24, 2.45) is 5.92 Å². The summed E-state index contributed by atoms with van der Waals surface area (Å²) in [5.41, 5.74) is 3.95. The highest BCUT2D eigenvalue weighted by atomic mass is 16.6. The number of carbonyl (C=O) groups excluding carboxylic acids is 1. The lowest BCUT2D eigenvalue weighted by Gasteiger charge is -2.52. The summed E-state index contributed by atoms with van der Waals surface area (Å²) < 4.78 is 5.60. The van der Waals surface area contributed by atoms with E-state index in [0.717, 1.165) is 11.1 Å². The molecule has 0 saturated carbocycles. The maximum Gasteiger partial charge on any atom is 0.410 e. The molecule has 1 fully saturated rings. The Balaban J connectivity index is 1.51. The summed E-state index contributed by atoms with van der Waals surface area (Å²) in [4.78, 5) is 25.2. The number of benzene rings is 2. The molecule has 1 unspecified atom stereocenters. The molecule has 1 saturated heterocycles. The predicted octanol–water partition coefficient (Wildman–Crippen LogP) is 3.73. The molecule has 2 aromatic rings. The summed E-state index contributed by atoms with van der Waals surface area (Å²) in [5.74, 6) is -1.42. The van der Waals surface area contributed by atoms with E-state index in [-0.39, 0.29) is 19.1 Å². The molecule has 1 amide bonds. The molecule has 1 atom stereocenters. The minimum absolute atomic E-state index is 0.00556. The third kappa shape index (κ3) is 2.38. The van der Waals surface area contributed by atoms with Crippen LogP contribution in [0.2, 0.25) is 0 Å². The van der Waals surface area contributed by atoms with E-state index in [1.54, 1.807) is 13.8 Å². The van der Waals surface area contributed by atoms with Gasteiger partial charge < -0.3 is 14.7 Å². The molecule has 5 heteroatoms. The van der Waals surface area contributed by atoms with Crippen molar-refractivity contribution in [3.63, 3.8) is 0 Å². The maximum atomic E-state index is 12.5. The highest BCUT2D eigenvalue weighted by Gasteiger charge is 2.53. The van der Waals surface area contributed by atoms with E-state index in [4.69, 9.17) is 4.74 Å². The monoisotopic (exact) mass is 351 g/mol. The fourth-order valence-corrected chi connectivity index (χ4v) is 4.08. The quantitative estimate of drug-likeness (QED) is 0.915. The van der Waals surface area contributed by atoms with Crippen LogP contribution in [0.5, 0.6) is 0 Å². The number of hydrogen-bond acceptors (Lipinski definition) is 3. The van der Waals surface area contributed by atoms with Gasteiger partial charge in [0.25, 0.3) is 0 Å². The number of likely N-dealkylation sites (tertiary alicyclic amines) is 1. The van der Waals surface area contributed by atoms with E-state index in [1.807, 2.05) is 24.3 Å². The van der Waals surface area contributed by atoms with Crippen LogP contribution >= 0.6 is 0 Å². The first kappa shape index (κ1) is 16.6. The molecule has 0 bridgehead atoms. The zero-order valence-corrected chi connectivity index (χ0v) is 14.8. The molecule has 26 heavy (non-hydrogen) atoms. The van der Waals surface area contributed by atoms with E-state index in [0.29, 0.717) is 0 Å². The second-order valence-electron chi connectivity index (χ2n) is 7.46. The molecule has 1 aliphatic heterocycles. The topological polar surface area (TPSA) is 66.8 Å². The average molecular weight is 351 g/mol. The zero-order chi connectivity index (χ0) is 18.5. The third-order valence-electron chi connectivity index (χ3n) is 5.77. The summed E-state index contributed by atoms with van der Waals surface area (Å²) in [6.45, 7) is 3.96. The number of fused-ring (bicyclic) bond motifs is 3. The molecule has 5 nitrogen and oxygen atoms in total. The summed E-state index contributed by atoms with van der Waals surface area (Å²) in [6, 6.07) is 16.3. The second-order valence-corrected chi connectivity index (χ2v) is 7.46. The molecule has 0 radical (unpaired) electrons. The van der Waals surface area contributed by atoms with Gasteiger partial charge in [-0.3, -0.25) is 4.79 Å². The lowest BCUT2D eigenvalue weighted by Crippen LogP contribution is -2.68. The van der Waals surface area contributed by atoms with E-state index in [2.05, 4.69) is 24.3 Å². The number of carboxylic acid groups (broad SMARTS) is 1. The molecule has 1 heterocycles. The Bertz CT molecular complexity index is 844. The lowest BCUT2D eigenvalue weighted by atomic mass is 9.77. The number of hydrogen-bond donors (Lipinski definition) is 1. The van der Waals surface area contributed by atoms with Crippen molar-refractivity contribution in [1.29, 1.82) is 0 Å². The minimum Gasteiger partial charge on any atom is -0.481 e. The molecule has 0 aromatic heterocycles. The van der Waals surface area contributed by atoms with E-state index >= 15 is 0 Å². The summed E-state index contributed by atoms with van der Waals surface area (Å²) in [6.07, 6.45) is -0.450. The molecular weight excluding hydrogens is 330 g/mol. The number of rotatable bonds is 3. The first-order valence-electron chi connectivity index (χ1n) is 8.76. The van der Waals surface area contributed by atoms with Crippen molar-refractivity contribution in [3.05, 3.63) is 59.7 Å². The van der Waals surface area contributed by atoms with Crippen LogP contribution in [0.1, 0.15) is 30.9 Å². The van der Waals surface area contributed by atoms with Crippen LogP contribution in [0, 0.1) is 5.92 Å². The zero-order valence-electron chi connectivity index (χ0n) is 14.8. The number of ether oxygens (including phenoxy) is 1. The maximum absolute atomic E-state index is 12.5. The molecular formula is C21H21NO4. The minimum atomic E-state index is -0.877. The van der Waals surface area contributed by atoms with Crippen LogP contribution in [-0.4, -0.2) is 40.8 Å². The Kier molecular flexibility index (Phi) is 3.75. The third-order valence-corrected chi connectivity index (χ3v) is 5.77. The van der Waals surface area contributed by atoms with E-state index in [9.17, 15) is 14.7 Å². The molecule has 2 aliphatic rings. The number of carboxylic acids is 1. The van der Waals surface area contributed by atoms with Gasteiger partial charge in [0.1, 0.15) is 6.61 Å². The first-order chi connectivity index (χ1) is 12.4. The summed E-state index contributed by atoms with van der Waals surface area (Å²) in [7, 11) is 0. The summed E-state index contributed by atoms with van der Waals surface area (Å²) >= 11 is 0. The standard InChI is InChI=1S/C21H21NO4/c1-21(2)18(19(23)24)11-22(21)20(25)26-12-17-15-9-5-3-7-13(15)14-8-4-6-10-16(14)17/h3-10,17-18H,11-12H2,1-2H3,(H,23,24). The van der Waals surface area contributed by atoms with Gasteiger partial charge in [0, 0.05) is 12.5 Å². The molecule has 4 rings (SSSR count). The van der Waals surface area contributed by atoms with Crippen LogP contribution in [0.15, 0.2) is 48.5 Å². The largest absolute Gasteiger partial charge is 0.481 e. The van der Waals surface area contributed by atoms with E-state index in [1.165, 1.54) is 16.0 Å². The SMILES string of the molecule is CC1(C)C(C(=O)O)CN1C(=O)OCC1c2ccccc2-c2ccccc21. The fraction of sp³-hybridized carbons (Fsp3) is 0.333. The van der Waals surface area contributed by atoms with Crippen molar-refractivity contribution >= 4 is 12.1 Å². The fourth-order valence-electron chi connectivity index (χ4n) is 4.08. The predicted molar refractivity (Wildman–Crippen MR) is 97.0 cm³/mol. The Morgan fingerprint density at radius 1 is 1.08 bits per heavy atom. The molecule has 0 spiro atoms. The lowest BCUT2D eigenvalue weighted by molar-refractivity contribution is -0.157. The Labute approximate surface area is 152 Å². The van der Waals surface area contributed by atoms with Crippen molar-refractivity contribution < 1.29 is 19.4 Å². The number of aliphatic carboxylic acids is 1. The first-order valence-corrected chi connectivity index (χ1v) is 8.76. The highest BCUT2D eigenvalue weighted by molar-refractivity contribution is 5.80. The van der Waals surface area contributed by atoms with Gasteiger partial charge in [-0.2, -0.15) is 0 Å². The van der Waals surface area contributed by atoms with Crippen LogP contribution in [0.3, 0.4) is 0 Å². The molecule has 1 aliphatic carbocycles. The van der Waals surface area contributed by atoms with Gasteiger partial charge in [0.15, 0.2) is 0 Å². The van der Waals surface area contributed by atoms with Crippen molar-refractivity contribution in [2.45, 2.75) is 25.3 Å². The van der Waals surface area contributed by atoms with Gasteiger partial charge in [0.2, 0.25) is 0 Å². The van der Waals surface area contributed by atoms with Gasteiger partial charge >= 0.3 is 12.1 Å². The van der Waals surface area contributed by atoms with Gasteiger partial charge in [-0.15, -0.1) is 0 Å². The Morgan fingerprint density at radius 3 is 2.12 bits per heavy atom. The van der Waals surface area contributed by atoms with Gasteiger partial charge in [-0.1, -0.05) is 48.5 Å². The van der Waals surface area contributed by atoms with Crippen molar-refractivity contribution in [1.82, 2.24) is 4.90 Å². The second kappa shape index (κ2) is 5.87. The molecule has 2 aromatic carbocycles. The number of amides is 1. The average Bonchev–Trinajstić information content (AvgIpc) is 2.93. The number of carbonyl (C=O) groups is 2. The van der Waals surface area contributed by atoms with E-state index < -0.39 is 23.5 Å². The van der Waals surface area contributed by atoms with Crippen LogP contribution in [-0.2, 0) is 9.53 Å². The van der Waals surface area contributed by atoms with Gasteiger partial charge in [0.05, 0.1) is 11.5 Å². The van der Waals surface area contributed by atoms with Crippen molar-refractivity contribution in [3.8, 4) is 11.1 Å². The highest BCUT2D eigenvalue weighted by Crippen LogP contribution is 2.45. The van der Waals surface area contributed by atoms with Crippen LogP contribution in [0.25, 0.3) is 11.1 Å². The number of nitrogens with zero attached hydrogens (tertiary/aromatic N) is 1. The smallest absolute Gasteiger partial charge is 0.410 e. The Morgan fingerprint density at radius 2 is 1.62 bits per heavy atom. The van der Waals surface area contributed by atoms with Gasteiger partial charge in [-0.25, -0.2) is 4.79 Å².